The summed E-state index contributed by atoms with van der Waals surface area (Å²) >= 11 is 0. The Kier molecular flexibility index (Phi) is 30.1. The normalized spacial score (nSPS) is 17.0. The van der Waals surface area contributed by atoms with E-state index < -0.39 is 43.7 Å². The minimum Gasteiger partial charge on any atom is -0.394 e. The third kappa shape index (κ3) is 28.8. The van der Waals surface area contributed by atoms with Gasteiger partial charge in [0.1, 0.15) is 30.5 Å². The Bertz CT molecular complexity index is 458. The van der Waals surface area contributed by atoms with Gasteiger partial charge < -0.3 is 69.3 Å². The van der Waals surface area contributed by atoms with Gasteiger partial charge in [-0.05, 0) is 6.42 Å². The van der Waals surface area contributed by atoms with Crippen molar-refractivity contribution < 1.29 is 69.3 Å². The molecule has 0 heterocycles. The minimum atomic E-state index is -0.958. The van der Waals surface area contributed by atoms with Gasteiger partial charge in [0.05, 0.1) is 92.0 Å². The molecule has 0 aliphatic carbocycles. The average Bonchev–Trinajstić information content (AvgIpc) is 2.91. The van der Waals surface area contributed by atoms with E-state index in [1.165, 1.54) is 7.11 Å². The van der Waals surface area contributed by atoms with Crippen LogP contribution in [0.5, 0.6) is 0 Å². The van der Waals surface area contributed by atoms with Crippen molar-refractivity contribution in [1.82, 2.24) is 0 Å². The highest BCUT2D eigenvalue weighted by Gasteiger charge is 2.11. The topological polar surface area (TPSA) is 217 Å². The summed E-state index contributed by atoms with van der Waals surface area (Å²) in [7, 11) is 1.52. The van der Waals surface area contributed by atoms with Crippen LogP contribution in [0.2, 0.25) is 0 Å². The van der Waals surface area contributed by atoms with Crippen molar-refractivity contribution in [2.75, 3.05) is 93.0 Å². The quantitative estimate of drug-likeness (QED) is 0.0524. The van der Waals surface area contributed by atoms with Gasteiger partial charge in [0.2, 0.25) is 0 Å². The third-order valence-corrected chi connectivity index (χ3v) is 4.86. The standard InChI is InChI=1S/C16H34O10.C9H20O4/c1-12(4-23-8-15(21)10-25-6-13(19)2-17)5-24-9-16(22)11-26-7-14(20)3-18;1-3-4-8(11)6-13-7-9(5-10)12-2/h12-22H,2-11H2,1H3;8-11H,3-7H2,1-2H3. The summed E-state index contributed by atoms with van der Waals surface area (Å²) in [6.45, 7) is 4.44. The van der Waals surface area contributed by atoms with Crippen LogP contribution in [-0.2, 0) is 28.4 Å². The zero-order valence-corrected chi connectivity index (χ0v) is 23.7. The molecule has 0 aromatic heterocycles. The first-order chi connectivity index (χ1) is 18.6. The van der Waals surface area contributed by atoms with Crippen LogP contribution in [-0.4, -0.2) is 170 Å². The molecule has 8 N–H and O–H groups in total. The van der Waals surface area contributed by atoms with Crippen LogP contribution >= 0.6 is 0 Å². The highest BCUT2D eigenvalue weighted by atomic mass is 16.5. The van der Waals surface area contributed by atoms with Crippen molar-refractivity contribution in [2.45, 2.75) is 63.3 Å². The van der Waals surface area contributed by atoms with Gasteiger partial charge >= 0.3 is 0 Å². The number of methoxy groups -OCH3 is 1. The van der Waals surface area contributed by atoms with Crippen molar-refractivity contribution in [1.29, 1.82) is 0 Å². The fraction of sp³-hybridized carbons (Fsp3) is 1.00. The number of ether oxygens (including phenoxy) is 6. The number of hydrogen-bond acceptors (Lipinski definition) is 14. The van der Waals surface area contributed by atoms with Gasteiger partial charge in [-0.25, -0.2) is 0 Å². The Hall–Kier alpha value is -0.560. The van der Waals surface area contributed by atoms with E-state index in [-0.39, 0.29) is 58.3 Å². The molecule has 0 saturated carbocycles. The van der Waals surface area contributed by atoms with Gasteiger partial charge in [-0.2, -0.15) is 0 Å². The summed E-state index contributed by atoms with van der Waals surface area (Å²) in [5, 5.41) is 72.6. The summed E-state index contributed by atoms with van der Waals surface area (Å²) in [5.41, 5.74) is 0. The van der Waals surface area contributed by atoms with Crippen LogP contribution in [0.25, 0.3) is 0 Å². The molecule has 14 nitrogen and oxygen atoms in total. The third-order valence-electron chi connectivity index (χ3n) is 4.86. The van der Waals surface area contributed by atoms with Crippen LogP contribution in [0.4, 0.5) is 0 Å². The molecule has 14 heteroatoms. The summed E-state index contributed by atoms with van der Waals surface area (Å²) < 4.78 is 30.8. The maximum Gasteiger partial charge on any atom is 0.103 e. The van der Waals surface area contributed by atoms with Crippen molar-refractivity contribution in [2.24, 2.45) is 5.92 Å². The Morgan fingerprint density at radius 1 is 0.487 bits per heavy atom. The number of aliphatic hydroxyl groups is 8. The zero-order valence-electron chi connectivity index (χ0n) is 23.7. The second-order valence-corrected chi connectivity index (χ2v) is 9.26. The van der Waals surface area contributed by atoms with E-state index in [0.717, 1.165) is 12.8 Å². The average molecular weight is 579 g/mol. The summed E-state index contributed by atoms with van der Waals surface area (Å²) in [6, 6.07) is 0. The van der Waals surface area contributed by atoms with E-state index in [9.17, 15) is 15.3 Å². The first-order valence-corrected chi connectivity index (χ1v) is 13.3. The summed E-state index contributed by atoms with van der Waals surface area (Å²) in [5.74, 6) is 0.0451. The van der Waals surface area contributed by atoms with Gasteiger partial charge in [-0.15, -0.1) is 0 Å². The molecule has 6 atom stereocenters. The number of aliphatic hydroxyl groups excluding tert-OH is 8. The molecule has 0 fully saturated rings. The van der Waals surface area contributed by atoms with Crippen LogP contribution < -0.4 is 0 Å². The van der Waals surface area contributed by atoms with Gasteiger partial charge in [0, 0.05) is 13.0 Å². The Morgan fingerprint density at radius 2 is 0.846 bits per heavy atom. The molecule has 39 heavy (non-hydrogen) atoms. The van der Waals surface area contributed by atoms with E-state index in [1.807, 2.05) is 13.8 Å². The van der Waals surface area contributed by atoms with E-state index in [2.05, 4.69) is 0 Å². The predicted octanol–water partition coefficient (Wildman–Crippen LogP) is -2.71. The highest BCUT2D eigenvalue weighted by molar-refractivity contribution is 4.58. The number of hydrogen-bond donors (Lipinski definition) is 8. The van der Waals surface area contributed by atoms with Crippen molar-refractivity contribution in [3.63, 3.8) is 0 Å². The van der Waals surface area contributed by atoms with E-state index >= 15 is 0 Å². The lowest BCUT2D eigenvalue weighted by molar-refractivity contribution is -0.0637. The maximum absolute atomic E-state index is 9.63. The van der Waals surface area contributed by atoms with E-state index in [1.54, 1.807) is 0 Å². The lowest BCUT2D eigenvalue weighted by Crippen LogP contribution is -2.28. The molecule has 0 aromatic carbocycles. The Balaban J connectivity index is 0. The molecule has 0 radical (unpaired) electrons. The molecule has 238 valence electrons. The predicted molar refractivity (Wildman–Crippen MR) is 140 cm³/mol. The molecular formula is C25H54O14. The lowest BCUT2D eigenvalue weighted by Gasteiger charge is -2.17. The molecule has 0 amide bonds. The first-order valence-electron chi connectivity index (χ1n) is 13.3. The second-order valence-electron chi connectivity index (χ2n) is 9.26. The van der Waals surface area contributed by atoms with Crippen molar-refractivity contribution >= 4 is 0 Å². The highest BCUT2D eigenvalue weighted by Crippen LogP contribution is 2.01. The molecule has 0 spiro atoms. The number of rotatable bonds is 26. The van der Waals surface area contributed by atoms with Gasteiger partial charge in [-0.3, -0.25) is 0 Å². The molecular weight excluding hydrogens is 524 g/mol. The molecule has 0 bridgehead atoms. The minimum absolute atomic E-state index is 0.000881. The SMILES string of the molecule is CC(COCC(O)COCC(O)CO)COCC(O)COCC(O)CO.CCCC(O)COCC(CO)OC. The molecule has 0 aliphatic rings. The Labute approximate surface area is 232 Å². The van der Waals surface area contributed by atoms with Gasteiger partial charge in [-0.1, -0.05) is 20.3 Å². The molecule has 0 rings (SSSR count). The maximum atomic E-state index is 9.63. The smallest absolute Gasteiger partial charge is 0.103 e. The Morgan fingerprint density at radius 3 is 1.21 bits per heavy atom. The van der Waals surface area contributed by atoms with Crippen LogP contribution in [0.15, 0.2) is 0 Å². The van der Waals surface area contributed by atoms with Crippen LogP contribution in [0.3, 0.4) is 0 Å². The summed E-state index contributed by atoms with van der Waals surface area (Å²) in [6.07, 6.45) is -2.57. The van der Waals surface area contributed by atoms with Crippen molar-refractivity contribution in [3.05, 3.63) is 0 Å². The first kappa shape index (κ1) is 40.6. The van der Waals surface area contributed by atoms with Crippen LogP contribution in [0.1, 0.15) is 26.7 Å². The van der Waals surface area contributed by atoms with E-state index in [0.29, 0.717) is 26.4 Å². The van der Waals surface area contributed by atoms with Gasteiger partial charge in [0.15, 0.2) is 0 Å². The molecule has 0 saturated heterocycles. The summed E-state index contributed by atoms with van der Waals surface area (Å²) in [4.78, 5) is 0. The zero-order chi connectivity index (χ0) is 29.9. The largest absolute Gasteiger partial charge is 0.394 e. The fourth-order valence-electron chi connectivity index (χ4n) is 2.69. The second kappa shape index (κ2) is 29.0. The molecule has 0 aliphatic heterocycles. The van der Waals surface area contributed by atoms with Crippen molar-refractivity contribution in [3.8, 4) is 0 Å². The van der Waals surface area contributed by atoms with Crippen LogP contribution in [0, 0.1) is 5.92 Å². The molecule has 6 unspecified atom stereocenters. The lowest BCUT2D eigenvalue weighted by atomic mass is 10.2. The van der Waals surface area contributed by atoms with Gasteiger partial charge in [0.25, 0.3) is 0 Å². The fourth-order valence-corrected chi connectivity index (χ4v) is 2.69. The monoisotopic (exact) mass is 578 g/mol. The van der Waals surface area contributed by atoms with E-state index in [4.69, 9.17) is 54.0 Å². The molecule has 0 aromatic rings.